The van der Waals surface area contributed by atoms with E-state index in [4.69, 9.17) is 4.74 Å². The molecule has 0 saturated carbocycles. The summed E-state index contributed by atoms with van der Waals surface area (Å²) < 4.78 is 7.49. The van der Waals surface area contributed by atoms with Gasteiger partial charge in [-0.1, -0.05) is 18.2 Å². The fourth-order valence-electron chi connectivity index (χ4n) is 3.21. The maximum atomic E-state index is 5.48. The van der Waals surface area contributed by atoms with Crippen LogP contribution in [-0.4, -0.2) is 40.9 Å². The molecule has 21 heavy (non-hydrogen) atoms. The van der Waals surface area contributed by atoms with Crippen LogP contribution in [0.5, 0.6) is 5.75 Å². The predicted molar refractivity (Wildman–Crippen MR) is 83.5 cm³/mol. The van der Waals surface area contributed by atoms with E-state index in [2.05, 4.69) is 28.2 Å². The summed E-state index contributed by atoms with van der Waals surface area (Å²) in [5.74, 6) is 1.01. The van der Waals surface area contributed by atoms with Gasteiger partial charge in [0.15, 0.2) is 0 Å². The average Bonchev–Trinajstić information content (AvgIpc) is 3.17. The molecule has 1 aliphatic heterocycles. The lowest BCUT2D eigenvalue weighted by Crippen LogP contribution is -2.34. The molecule has 0 amide bonds. The number of para-hydroxylation sites is 1. The minimum atomic E-state index is 0.622. The molecule has 3 rings (SSSR count). The smallest absolute Gasteiger partial charge is 0.122 e. The zero-order valence-corrected chi connectivity index (χ0v) is 12.6. The van der Waals surface area contributed by atoms with Gasteiger partial charge in [0.25, 0.3) is 0 Å². The van der Waals surface area contributed by atoms with Crippen LogP contribution in [0.4, 0.5) is 0 Å². The molecule has 4 nitrogen and oxygen atoms in total. The van der Waals surface area contributed by atoms with E-state index in [9.17, 15) is 0 Å². The van der Waals surface area contributed by atoms with E-state index in [1.165, 1.54) is 24.9 Å². The minimum absolute atomic E-state index is 0.622. The van der Waals surface area contributed by atoms with Crippen LogP contribution >= 0.6 is 0 Å². The normalized spacial score (nSPS) is 19.0. The lowest BCUT2D eigenvalue weighted by Gasteiger charge is -2.25. The monoisotopic (exact) mass is 285 g/mol. The maximum absolute atomic E-state index is 5.48. The quantitative estimate of drug-likeness (QED) is 0.817. The van der Waals surface area contributed by atoms with Gasteiger partial charge in [0.2, 0.25) is 0 Å². The van der Waals surface area contributed by atoms with Gasteiger partial charge >= 0.3 is 0 Å². The molecule has 1 aromatic heterocycles. The van der Waals surface area contributed by atoms with Crippen molar-refractivity contribution >= 4 is 0 Å². The average molecular weight is 285 g/mol. The molecule has 1 saturated heterocycles. The van der Waals surface area contributed by atoms with Crippen molar-refractivity contribution in [1.82, 2.24) is 14.7 Å². The maximum Gasteiger partial charge on any atom is 0.122 e. The first-order chi connectivity index (χ1) is 10.4. The van der Waals surface area contributed by atoms with Crippen LogP contribution in [-0.2, 0) is 13.0 Å². The number of benzene rings is 1. The van der Waals surface area contributed by atoms with E-state index in [0.717, 1.165) is 25.3 Å². The van der Waals surface area contributed by atoms with Gasteiger partial charge in [0, 0.05) is 25.0 Å². The molecule has 1 unspecified atom stereocenters. The van der Waals surface area contributed by atoms with E-state index in [1.807, 2.05) is 29.2 Å². The fraction of sp³-hybridized carbons (Fsp3) is 0.471. The van der Waals surface area contributed by atoms with Crippen molar-refractivity contribution in [2.24, 2.45) is 0 Å². The lowest BCUT2D eigenvalue weighted by molar-refractivity contribution is 0.237. The minimum Gasteiger partial charge on any atom is -0.496 e. The molecule has 1 aromatic carbocycles. The number of rotatable bonds is 6. The van der Waals surface area contributed by atoms with Gasteiger partial charge < -0.3 is 4.74 Å². The van der Waals surface area contributed by atoms with E-state index in [-0.39, 0.29) is 0 Å². The third kappa shape index (κ3) is 3.45. The first kappa shape index (κ1) is 14.1. The largest absolute Gasteiger partial charge is 0.496 e. The van der Waals surface area contributed by atoms with Gasteiger partial charge in [-0.3, -0.25) is 9.58 Å². The summed E-state index contributed by atoms with van der Waals surface area (Å²) in [5.41, 5.74) is 1.32. The van der Waals surface area contributed by atoms with E-state index >= 15 is 0 Å². The molecule has 2 aromatic rings. The lowest BCUT2D eigenvalue weighted by atomic mass is 10.0. The van der Waals surface area contributed by atoms with Crippen LogP contribution in [0.15, 0.2) is 42.7 Å². The Morgan fingerprint density at radius 2 is 2.14 bits per heavy atom. The Hall–Kier alpha value is -1.81. The second-order valence-electron chi connectivity index (χ2n) is 5.62. The van der Waals surface area contributed by atoms with Gasteiger partial charge in [-0.25, -0.2) is 0 Å². The molecule has 1 fully saturated rings. The Labute approximate surface area is 126 Å². The summed E-state index contributed by atoms with van der Waals surface area (Å²) in [6.45, 7) is 3.23. The van der Waals surface area contributed by atoms with Crippen LogP contribution in [0.25, 0.3) is 0 Å². The molecule has 1 aliphatic rings. The number of methoxy groups -OCH3 is 1. The third-order valence-electron chi connectivity index (χ3n) is 4.32. The molecule has 4 heteroatoms. The van der Waals surface area contributed by atoms with E-state index in [1.54, 1.807) is 7.11 Å². The van der Waals surface area contributed by atoms with Crippen LogP contribution in [0.1, 0.15) is 18.4 Å². The molecule has 0 bridgehead atoms. The second-order valence-corrected chi connectivity index (χ2v) is 5.62. The Morgan fingerprint density at radius 3 is 2.95 bits per heavy atom. The molecule has 2 heterocycles. The molecule has 0 radical (unpaired) electrons. The van der Waals surface area contributed by atoms with Gasteiger partial charge in [-0.15, -0.1) is 0 Å². The zero-order valence-electron chi connectivity index (χ0n) is 12.6. The molecular formula is C17H23N3O. The van der Waals surface area contributed by atoms with Crippen molar-refractivity contribution in [3.05, 3.63) is 48.3 Å². The number of likely N-dealkylation sites (tertiary alicyclic amines) is 1. The van der Waals surface area contributed by atoms with Crippen LogP contribution in [0.2, 0.25) is 0 Å². The Balaban J connectivity index is 1.61. The molecule has 1 atom stereocenters. The summed E-state index contributed by atoms with van der Waals surface area (Å²) >= 11 is 0. The van der Waals surface area contributed by atoms with E-state index < -0.39 is 0 Å². The number of nitrogens with zero attached hydrogens (tertiary/aromatic N) is 3. The number of hydrogen-bond acceptors (Lipinski definition) is 3. The van der Waals surface area contributed by atoms with Crippen molar-refractivity contribution in [2.75, 3.05) is 20.2 Å². The molecule has 112 valence electrons. The molecule has 0 aliphatic carbocycles. The van der Waals surface area contributed by atoms with Gasteiger partial charge in [0.1, 0.15) is 5.75 Å². The summed E-state index contributed by atoms with van der Waals surface area (Å²) in [7, 11) is 1.75. The van der Waals surface area contributed by atoms with Crippen LogP contribution in [0.3, 0.4) is 0 Å². The molecular weight excluding hydrogens is 262 g/mol. The van der Waals surface area contributed by atoms with Crippen molar-refractivity contribution in [3.63, 3.8) is 0 Å². The first-order valence-corrected chi connectivity index (χ1v) is 7.70. The standard InChI is InChI=1S/C17H23N3O/c1-21-17-8-3-2-6-15(17)14-16-7-4-10-19(16)12-13-20-11-5-9-18-20/h2-3,5-6,8-9,11,16H,4,7,10,12-14H2,1H3. The highest BCUT2D eigenvalue weighted by Crippen LogP contribution is 2.25. The van der Waals surface area contributed by atoms with Crippen molar-refractivity contribution in [1.29, 1.82) is 0 Å². The van der Waals surface area contributed by atoms with Crippen molar-refractivity contribution < 1.29 is 4.74 Å². The number of hydrogen-bond donors (Lipinski definition) is 0. The van der Waals surface area contributed by atoms with Crippen LogP contribution < -0.4 is 4.74 Å². The summed E-state index contributed by atoms with van der Waals surface area (Å²) in [4.78, 5) is 2.59. The fourth-order valence-corrected chi connectivity index (χ4v) is 3.21. The number of aromatic nitrogens is 2. The topological polar surface area (TPSA) is 30.3 Å². The molecule has 0 N–H and O–H groups in total. The summed E-state index contributed by atoms with van der Waals surface area (Å²) in [5, 5.41) is 4.28. The number of ether oxygens (including phenoxy) is 1. The van der Waals surface area contributed by atoms with Gasteiger partial charge in [0.05, 0.1) is 13.7 Å². The summed E-state index contributed by atoms with van der Waals surface area (Å²) in [6, 6.07) is 11.0. The van der Waals surface area contributed by atoms with E-state index in [0.29, 0.717) is 6.04 Å². The summed E-state index contributed by atoms with van der Waals surface area (Å²) in [6.07, 6.45) is 7.51. The zero-order chi connectivity index (χ0) is 14.5. The third-order valence-corrected chi connectivity index (χ3v) is 4.32. The van der Waals surface area contributed by atoms with Gasteiger partial charge in [-0.2, -0.15) is 5.10 Å². The highest BCUT2D eigenvalue weighted by atomic mass is 16.5. The molecule has 0 spiro atoms. The Morgan fingerprint density at radius 1 is 1.24 bits per heavy atom. The van der Waals surface area contributed by atoms with Crippen molar-refractivity contribution in [3.8, 4) is 5.75 Å². The van der Waals surface area contributed by atoms with Crippen LogP contribution in [0, 0.1) is 0 Å². The first-order valence-electron chi connectivity index (χ1n) is 7.70. The predicted octanol–water partition coefficient (Wildman–Crippen LogP) is 2.60. The van der Waals surface area contributed by atoms with Gasteiger partial charge in [-0.05, 0) is 43.5 Å². The SMILES string of the molecule is COc1ccccc1CC1CCCN1CCn1cccn1. The highest BCUT2D eigenvalue weighted by molar-refractivity contribution is 5.34. The highest BCUT2D eigenvalue weighted by Gasteiger charge is 2.25. The Kier molecular flexibility index (Phi) is 4.55. The Bertz CT molecular complexity index is 553. The van der Waals surface area contributed by atoms with Crippen molar-refractivity contribution in [2.45, 2.75) is 31.8 Å². The second kappa shape index (κ2) is 6.76.